The van der Waals surface area contributed by atoms with Crippen LogP contribution in [0.15, 0.2) is 127 Å². The quantitative estimate of drug-likeness (QED) is 0.148. The van der Waals surface area contributed by atoms with Crippen LogP contribution in [0.3, 0.4) is 0 Å². The van der Waals surface area contributed by atoms with Gasteiger partial charge < -0.3 is 15.3 Å². The first-order valence-electron chi connectivity index (χ1n) is 11.8. The maximum atomic E-state index is 5.92. The molecule has 2 N–H and O–H groups in total. The van der Waals surface area contributed by atoms with Crippen LogP contribution in [0.5, 0.6) is 0 Å². The van der Waals surface area contributed by atoms with Gasteiger partial charge in [0.05, 0.1) is 29.5 Å². The van der Waals surface area contributed by atoms with Crippen LogP contribution in [0.2, 0.25) is 0 Å². The van der Waals surface area contributed by atoms with E-state index in [0.29, 0.717) is 12.4 Å². The van der Waals surface area contributed by atoms with Crippen molar-refractivity contribution in [2.45, 2.75) is 6.54 Å². The van der Waals surface area contributed by atoms with Gasteiger partial charge in [-0.25, -0.2) is 4.98 Å². The van der Waals surface area contributed by atoms with Crippen LogP contribution in [-0.2, 0) is 6.54 Å². The molecule has 174 valence electrons. The van der Waals surface area contributed by atoms with Crippen molar-refractivity contribution in [3.05, 3.63) is 133 Å². The molecule has 0 amide bonds. The number of hydrazone groups is 1. The first-order valence-corrected chi connectivity index (χ1v) is 11.8. The second-order valence-corrected chi connectivity index (χ2v) is 8.50. The number of nitrogens with two attached hydrogens (primary N) is 1. The Morgan fingerprint density at radius 2 is 1.39 bits per heavy atom. The number of benzene rings is 3. The number of para-hydroxylation sites is 2. The summed E-state index contributed by atoms with van der Waals surface area (Å²) in [5.41, 5.74) is 5.29. The van der Waals surface area contributed by atoms with E-state index in [1.807, 2.05) is 47.5 Å². The van der Waals surface area contributed by atoms with Gasteiger partial charge in [0.25, 0.3) is 0 Å². The SMILES string of the molecule is N/N=C(/c1ccncc1)N(Cc1ccccc1)c1ccc(-n2c3ccccc3c3ccccc32)cn1. The highest BCUT2D eigenvalue weighted by Crippen LogP contribution is 2.32. The summed E-state index contributed by atoms with van der Waals surface area (Å²) in [6.07, 6.45) is 5.38. The van der Waals surface area contributed by atoms with Crippen LogP contribution in [0, 0.1) is 0 Å². The summed E-state index contributed by atoms with van der Waals surface area (Å²) in [4.78, 5) is 11.1. The molecule has 0 aliphatic heterocycles. The Morgan fingerprint density at radius 1 is 0.750 bits per heavy atom. The van der Waals surface area contributed by atoms with Crippen molar-refractivity contribution in [3.63, 3.8) is 0 Å². The highest BCUT2D eigenvalue weighted by atomic mass is 15.3. The van der Waals surface area contributed by atoms with Crippen LogP contribution < -0.4 is 10.7 Å². The van der Waals surface area contributed by atoms with E-state index in [9.17, 15) is 0 Å². The number of anilines is 1. The van der Waals surface area contributed by atoms with Crippen molar-refractivity contribution in [3.8, 4) is 5.69 Å². The zero-order valence-corrected chi connectivity index (χ0v) is 19.6. The molecule has 36 heavy (non-hydrogen) atoms. The number of amidine groups is 1. The smallest absolute Gasteiger partial charge is 0.161 e. The normalized spacial score (nSPS) is 11.7. The van der Waals surface area contributed by atoms with Gasteiger partial charge in [-0.2, -0.15) is 5.10 Å². The first-order chi connectivity index (χ1) is 17.8. The number of nitrogens with zero attached hydrogens (tertiary/aromatic N) is 5. The molecule has 0 fully saturated rings. The fraction of sp³-hybridized carbons (Fsp3) is 0.0333. The monoisotopic (exact) mass is 468 g/mol. The predicted octanol–water partition coefficient (Wildman–Crippen LogP) is 5.90. The Bertz CT molecular complexity index is 1600. The zero-order valence-electron chi connectivity index (χ0n) is 19.6. The third kappa shape index (κ3) is 3.84. The minimum atomic E-state index is 0.570. The molecule has 6 nitrogen and oxygen atoms in total. The van der Waals surface area contributed by atoms with Crippen LogP contribution in [0.4, 0.5) is 5.82 Å². The Morgan fingerprint density at radius 3 is 2.00 bits per heavy atom. The lowest BCUT2D eigenvalue weighted by Gasteiger charge is -2.25. The number of hydrogen-bond donors (Lipinski definition) is 1. The molecule has 6 rings (SSSR count). The summed E-state index contributed by atoms with van der Waals surface area (Å²) in [6, 6.07) is 35.1. The number of aromatic nitrogens is 3. The van der Waals surface area contributed by atoms with Crippen molar-refractivity contribution >= 4 is 33.5 Å². The van der Waals surface area contributed by atoms with Gasteiger partial charge in [0.15, 0.2) is 5.84 Å². The highest BCUT2D eigenvalue weighted by Gasteiger charge is 2.19. The second-order valence-electron chi connectivity index (χ2n) is 8.50. The van der Waals surface area contributed by atoms with Gasteiger partial charge in [-0.1, -0.05) is 66.7 Å². The van der Waals surface area contributed by atoms with E-state index in [4.69, 9.17) is 10.8 Å². The minimum Gasteiger partial charge on any atom is -0.321 e. The molecule has 0 radical (unpaired) electrons. The molecular formula is C30H24N6. The lowest BCUT2D eigenvalue weighted by molar-refractivity contribution is 0.959. The molecule has 0 saturated heterocycles. The van der Waals surface area contributed by atoms with E-state index in [1.165, 1.54) is 10.8 Å². The van der Waals surface area contributed by atoms with Crippen molar-refractivity contribution in [1.82, 2.24) is 14.5 Å². The average molecular weight is 469 g/mol. The molecule has 6 heteroatoms. The summed E-state index contributed by atoms with van der Waals surface area (Å²) in [5.74, 6) is 7.30. The fourth-order valence-corrected chi connectivity index (χ4v) is 4.70. The molecule has 0 unspecified atom stereocenters. The maximum absolute atomic E-state index is 5.92. The van der Waals surface area contributed by atoms with Crippen molar-refractivity contribution < 1.29 is 0 Å². The average Bonchev–Trinajstić information content (AvgIpc) is 3.29. The Balaban J connectivity index is 1.45. The molecule has 0 aliphatic carbocycles. The van der Waals surface area contributed by atoms with Crippen LogP contribution in [0.1, 0.15) is 11.1 Å². The first kappa shape index (κ1) is 21.6. The fourth-order valence-electron chi connectivity index (χ4n) is 4.70. The largest absolute Gasteiger partial charge is 0.321 e. The molecule has 0 spiro atoms. The predicted molar refractivity (Wildman–Crippen MR) is 146 cm³/mol. The zero-order chi connectivity index (χ0) is 24.3. The van der Waals surface area contributed by atoms with Crippen molar-refractivity contribution in [1.29, 1.82) is 0 Å². The van der Waals surface area contributed by atoms with Gasteiger partial charge in [-0.3, -0.25) is 4.98 Å². The van der Waals surface area contributed by atoms with Crippen LogP contribution in [-0.4, -0.2) is 20.4 Å². The minimum absolute atomic E-state index is 0.570. The maximum Gasteiger partial charge on any atom is 0.161 e. The molecule has 0 aliphatic rings. The molecule has 0 bridgehead atoms. The van der Waals surface area contributed by atoms with E-state index in [-0.39, 0.29) is 0 Å². The number of pyridine rings is 2. The summed E-state index contributed by atoms with van der Waals surface area (Å²) >= 11 is 0. The lowest BCUT2D eigenvalue weighted by atomic mass is 10.1. The number of fused-ring (bicyclic) bond motifs is 3. The Kier molecular flexibility index (Phi) is 5.60. The van der Waals surface area contributed by atoms with E-state index in [0.717, 1.165) is 33.7 Å². The third-order valence-electron chi connectivity index (χ3n) is 6.35. The van der Waals surface area contributed by atoms with Gasteiger partial charge >= 0.3 is 0 Å². The van der Waals surface area contributed by atoms with Crippen molar-refractivity contribution in [2.24, 2.45) is 10.9 Å². The molecule has 0 saturated carbocycles. The topological polar surface area (TPSA) is 72.3 Å². The molecule has 3 aromatic heterocycles. The Labute approximate surface area is 209 Å². The summed E-state index contributed by atoms with van der Waals surface area (Å²) in [5, 5.41) is 6.60. The van der Waals surface area contributed by atoms with Gasteiger partial charge in [-0.05, 0) is 42.0 Å². The molecule has 0 atom stereocenters. The molecule has 6 aromatic rings. The van der Waals surface area contributed by atoms with Crippen molar-refractivity contribution in [2.75, 3.05) is 4.90 Å². The van der Waals surface area contributed by atoms with Gasteiger partial charge in [0.2, 0.25) is 0 Å². The standard InChI is InChI=1S/C30H24N6/c31-34-30(23-16-18-32-19-17-23)35(21-22-8-2-1-3-9-22)29-15-14-24(20-33-29)36-27-12-6-4-10-25(27)26-11-5-7-13-28(26)36/h1-20H,21,31H2/b34-30-. The van der Waals surface area contributed by atoms with Gasteiger partial charge in [-0.15, -0.1) is 0 Å². The van der Waals surface area contributed by atoms with E-state index in [2.05, 4.69) is 81.4 Å². The van der Waals surface area contributed by atoms with E-state index in [1.54, 1.807) is 12.4 Å². The molecule has 3 aromatic carbocycles. The second kappa shape index (κ2) is 9.35. The number of rotatable bonds is 5. The highest BCUT2D eigenvalue weighted by molar-refractivity contribution is 6.10. The van der Waals surface area contributed by atoms with E-state index >= 15 is 0 Å². The van der Waals surface area contributed by atoms with E-state index < -0.39 is 0 Å². The lowest BCUT2D eigenvalue weighted by Crippen LogP contribution is -2.33. The van der Waals surface area contributed by atoms with Gasteiger partial charge in [0, 0.05) is 28.7 Å². The van der Waals surface area contributed by atoms with Crippen LogP contribution in [0.25, 0.3) is 27.5 Å². The van der Waals surface area contributed by atoms with Gasteiger partial charge in [0.1, 0.15) is 5.82 Å². The third-order valence-corrected chi connectivity index (χ3v) is 6.35. The molecular weight excluding hydrogens is 444 g/mol. The molecule has 3 heterocycles. The summed E-state index contributed by atoms with van der Waals surface area (Å²) < 4.78 is 2.25. The summed E-state index contributed by atoms with van der Waals surface area (Å²) in [7, 11) is 0. The Hall–Kier alpha value is -4.97. The van der Waals surface area contributed by atoms with Crippen LogP contribution >= 0.6 is 0 Å². The number of hydrogen-bond acceptors (Lipinski definition) is 4. The summed E-state index contributed by atoms with van der Waals surface area (Å²) in [6.45, 7) is 0.570.